The second-order valence-electron chi connectivity index (χ2n) is 5.70. The molecule has 1 N–H and O–H groups in total. The highest BCUT2D eigenvalue weighted by molar-refractivity contribution is 5.92. The van der Waals surface area contributed by atoms with Gasteiger partial charge in [-0.3, -0.25) is 10.00 Å². The zero-order valence-corrected chi connectivity index (χ0v) is 14.2. The molecule has 1 heterocycles. The van der Waals surface area contributed by atoms with Crippen LogP contribution in [0.3, 0.4) is 0 Å². The van der Waals surface area contributed by atoms with Crippen LogP contribution in [0.15, 0.2) is 48.7 Å². The number of rotatable bonds is 3. The van der Waals surface area contributed by atoms with E-state index in [-0.39, 0.29) is 16.8 Å². The summed E-state index contributed by atoms with van der Waals surface area (Å²) >= 11 is 0. The predicted molar refractivity (Wildman–Crippen MR) is 89.7 cm³/mol. The molecule has 0 saturated carbocycles. The summed E-state index contributed by atoms with van der Waals surface area (Å²) in [6.07, 6.45) is -5.22. The molecular weight excluding hydrogens is 385 g/mol. The Balaban J connectivity index is 1.89. The minimum atomic E-state index is -4.83. The Morgan fingerprint density at radius 3 is 2.50 bits per heavy atom. The summed E-state index contributed by atoms with van der Waals surface area (Å²) in [6, 6.07) is 8.59. The van der Waals surface area contributed by atoms with E-state index in [1.165, 1.54) is 25.2 Å². The summed E-state index contributed by atoms with van der Waals surface area (Å²) < 4.78 is 72.1. The van der Waals surface area contributed by atoms with Crippen molar-refractivity contribution in [3.63, 3.8) is 0 Å². The summed E-state index contributed by atoms with van der Waals surface area (Å²) in [4.78, 5) is 12.1. The van der Waals surface area contributed by atoms with Crippen molar-refractivity contribution < 1.29 is 31.5 Å². The van der Waals surface area contributed by atoms with Gasteiger partial charge in [-0.1, -0.05) is 18.2 Å². The topological polar surface area (TPSA) is 56.1 Å². The molecule has 5 nitrogen and oxygen atoms in total. The third kappa shape index (κ3) is 4.11. The summed E-state index contributed by atoms with van der Waals surface area (Å²) in [5.74, 6) is -2.16. The number of nitrogens with one attached hydrogen (secondary N) is 1. The number of carbonyl (C=O) groups excluding carboxylic acids is 1. The molecule has 0 spiro atoms. The summed E-state index contributed by atoms with van der Waals surface area (Å²) in [6.45, 7) is 0. The fourth-order valence-electron chi connectivity index (χ4n) is 2.50. The molecule has 10 heteroatoms. The van der Waals surface area contributed by atoms with Gasteiger partial charge in [0.25, 0.3) is 0 Å². The average Bonchev–Trinajstić information content (AvgIpc) is 2.97. The quantitative estimate of drug-likeness (QED) is 0.633. The zero-order chi connectivity index (χ0) is 20.5. The number of hydrogen-bond acceptors (Lipinski definition) is 3. The molecular formula is C18H12F5N3O2. The van der Waals surface area contributed by atoms with Gasteiger partial charge in [0, 0.05) is 18.2 Å². The van der Waals surface area contributed by atoms with Crippen molar-refractivity contribution in [3.05, 3.63) is 66.0 Å². The monoisotopic (exact) mass is 397 g/mol. The van der Waals surface area contributed by atoms with E-state index in [1.807, 2.05) is 0 Å². The van der Waals surface area contributed by atoms with E-state index in [0.29, 0.717) is 0 Å². The predicted octanol–water partition coefficient (Wildman–Crippen LogP) is 5.00. The molecule has 3 rings (SSSR count). The number of benzene rings is 2. The van der Waals surface area contributed by atoms with Crippen molar-refractivity contribution >= 4 is 11.8 Å². The first kappa shape index (κ1) is 19.3. The van der Waals surface area contributed by atoms with Gasteiger partial charge >= 0.3 is 12.3 Å². The Hall–Kier alpha value is -3.43. The van der Waals surface area contributed by atoms with Gasteiger partial charge in [0.05, 0.1) is 11.9 Å². The van der Waals surface area contributed by atoms with Gasteiger partial charge in [0.2, 0.25) is 5.69 Å². The Bertz CT molecular complexity index is 1030. The van der Waals surface area contributed by atoms with Gasteiger partial charge in [0.15, 0.2) is 5.75 Å². The third-order valence-corrected chi connectivity index (χ3v) is 3.65. The Morgan fingerprint density at radius 1 is 1.11 bits per heavy atom. The molecule has 2 aromatic carbocycles. The van der Waals surface area contributed by atoms with Gasteiger partial charge in [-0.2, -0.15) is 18.3 Å². The molecule has 0 atom stereocenters. The van der Waals surface area contributed by atoms with Crippen LogP contribution in [0.5, 0.6) is 5.75 Å². The zero-order valence-electron chi connectivity index (χ0n) is 14.2. The van der Waals surface area contributed by atoms with Crippen LogP contribution in [0.25, 0.3) is 11.1 Å². The summed E-state index contributed by atoms with van der Waals surface area (Å²) in [7, 11) is 1.23. The first-order valence-corrected chi connectivity index (χ1v) is 7.79. The van der Waals surface area contributed by atoms with E-state index in [9.17, 15) is 26.7 Å². The molecule has 1 amide bonds. The second-order valence-corrected chi connectivity index (χ2v) is 5.70. The van der Waals surface area contributed by atoms with Crippen LogP contribution in [0.1, 0.15) is 5.69 Å². The fraction of sp³-hybridized carbons (Fsp3) is 0.111. The van der Waals surface area contributed by atoms with Crippen molar-refractivity contribution in [2.75, 3.05) is 5.32 Å². The van der Waals surface area contributed by atoms with Crippen LogP contribution in [-0.2, 0) is 13.2 Å². The van der Waals surface area contributed by atoms with E-state index in [2.05, 4.69) is 10.4 Å². The SMILES string of the molecule is Cn1cc(OC(=O)Nc2ccc(F)cc2-c2ccccc2F)c(C(F)(F)F)n1. The largest absolute Gasteiger partial charge is 0.438 e. The molecule has 0 unspecified atom stereocenters. The van der Waals surface area contributed by atoms with Crippen molar-refractivity contribution in [2.24, 2.45) is 7.05 Å². The lowest BCUT2D eigenvalue weighted by molar-refractivity contribution is -0.142. The van der Waals surface area contributed by atoms with Crippen LogP contribution in [0.2, 0.25) is 0 Å². The molecule has 0 aliphatic rings. The molecule has 0 aliphatic heterocycles. The van der Waals surface area contributed by atoms with E-state index in [4.69, 9.17) is 4.74 Å². The van der Waals surface area contributed by atoms with Crippen molar-refractivity contribution in [3.8, 4) is 16.9 Å². The second kappa shape index (κ2) is 7.29. The highest BCUT2D eigenvalue weighted by Crippen LogP contribution is 2.35. The molecule has 3 aromatic rings. The number of ether oxygens (including phenoxy) is 1. The molecule has 0 bridgehead atoms. The van der Waals surface area contributed by atoms with Crippen LogP contribution < -0.4 is 10.1 Å². The number of nitrogens with zero attached hydrogens (tertiary/aromatic N) is 2. The highest BCUT2D eigenvalue weighted by Gasteiger charge is 2.38. The lowest BCUT2D eigenvalue weighted by Gasteiger charge is -2.12. The smallest absolute Gasteiger partial charge is 0.406 e. The number of aromatic nitrogens is 2. The third-order valence-electron chi connectivity index (χ3n) is 3.65. The first-order chi connectivity index (χ1) is 13.1. The number of halogens is 5. The maximum Gasteiger partial charge on any atom is 0.438 e. The minimum Gasteiger partial charge on any atom is -0.406 e. The van der Waals surface area contributed by atoms with Crippen LogP contribution in [0.4, 0.5) is 32.4 Å². The fourth-order valence-corrected chi connectivity index (χ4v) is 2.50. The number of carbonyl (C=O) groups is 1. The maximum atomic E-state index is 14.1. The molecule has 28 heavy (non-hydrogen) atoms. The Kier molecular flexibility index (Phi) is 5.04. The van der Waals surface area contributed by atoms with Crippen LogP contribution >= 0.6 is 0 Å². The Morgan fingerprint density at radius 2 is 1.82 bits per heavy atom. The van der Waals surface area contributed by atoms with Crippen LogP contribution in [-0.4, -0.2) is 15.9 Å². The van der Waals surface area contributed by atoms with E-state index in [1.54, 1.807) is 0 Å². The standard InChI is InChI=1S/C18H12F5N3O2/c1-26-9-15(16(25-26)18(21,22)23)28-17(27)24-14-7-6-10(19)8-12(14)11-4-2-3-5-13(11)20/h2-9H,1H3,(H,24,27). The first-order valence-electron chi connectivity index (χ1n) is 7.79. The van der Waals surface area contributed by atoms with Gasteiger partial charge in [-0.25, -0.2) is 13.6 Å². The van der Waals surface area contributed by atoms with Gasteiger partial charge in [-0.15, -0.1) is 0 Å². The number of hydrogen-bond donors (Lipinski definition) is 1. The molecule has 0 aliphatic carbocycles. The molecule has 1 aromatic heterocycles. The molecule has 0 radical (unpaired) electrons. The number of aryl methyl sites for hydroxylation is 1. The molecule has 146 valence electrons. The number of amides is 1. The number of anilines is 1. The minimum absolute atomic E-state index is 0.00252. The summed E-state index contributed by atoms with van der Waals surface area (Å²) in [5.41, 5.74) is -1.43. The van der Waals surface area contributed by atoms with E-state index >= 15 is 0 Å². The average molecular weight is 397 g/mol. The van der Waals surface area contributed by atoms with Crippen molar-refractivity contribution in [1.82, 2.24) is 9.78 Å². The lowest BCUT2D eigenvalue weighted by Crippen LogP contribution is -2.19. The number of alkyl halides is 3. The Labute approximate surface area is 155 Å². The van der Waals surface area contributed by atoms with Gasteiger partial charge in [0.1, 0.15) is 11.6 Å². The molecule has 0 fully saturated rings. The highest BCUT2D eigenvalue weighted by atomic mass is 19.4. The van der Waals surface area contributed by atoms with Gasteiger partial charge in [-0.05, 0) is 24.3 Å². The van der Waals surface area contributed by atoms with E-state index < -0.39 is 35.3 Å². The molecule has 0 saturated heterocycles. The summed E-state index contributed by atoms with van der Waals surface area (Å²) in [5, 5.41) is 5.42. The maximum absolute atomic E-state index is 14.1. The lowest BCUT2D eigenvalue weighted by atomic mass is 10.0. The normalized spacial score (nSPS) is 11.4. The van der Waals surface area contributed by atoms with Crippen molar-refractivity contribution in [1.29, 1.82) is 0 Å². The van der Waals surface area contributed by atoms with E-state index in [0.717, 1.165) is 35.1 Å². The van der Waals surface area contributed by atoms with Crippen molar-refractivity contribution in [2.45, 2.75) is 6.18 Å². The van der Waals surface area contributed by atoms with Crippen LogP contribution in [0, 0.1) is 11.6 Å². The van der Waals surface area contributed by atoms with Gasteiger partial charge < -0.3 is 4.74 Å².